The van der Waals surface area contributed by atoms with Crippen LogP contribution in [0.1, 0.15) is 18.4 Å². The van der Waals surface area contributed by atoms with Crippen molar-refractivity contribution in [1.29, 1.82) is 0 Å². The molecular formula is C12H13NO2. The predicted molar refractivity (Wildman–Crippen MR) is 57.9 cm³/mol. The minimum atomic E-state index is -0.554. The first-order valence-electron chi connectivity index (χ1n) is 5.18. The summed E-state index contributed by atoms with van der Waals surface area (Å²) in [7, 11) is 0. The fourth-order valence-electron chi connectivity index (χ4n) is 1.98. The number of nitrogens with one attached hydrogen (secondary N) is 1. The molecule has 3 nitrogen and oxygen atoms in total. The molecule has 0 saturated heterocycles. The van der Waals surface area contributed by atoms with E-state index in [1.807, 2.05) is 18.2 Å². The molecule has 0 radical (unpaired) electrons. The standard InChI is InChI=1S/C12H13NO2/c14-11-8(7-12(15)4-5-12)1-2-10-9(11)3-6-13-10/h1-3,6,13-15H,4-5,7H2. The van der Waals surface area contributed by atoms with Crippen LogP contribution in [-0.2, 0) is 6.42 Å². The third-order valence-electron chi connectivity index (χ3n) is 3.14. The summed E-state index contributed by atoms with van der Waals surface area (Å²) in [5.41, 5.74) is 1.21. The number of aromatic hydroxyl groups is 1. The van der Waals surface area contributed by atoms with Gasteiger partial charge in [-0.25, -0.2) is 0 Å². The number of phenols is 1. The Bertz CT molecular complexity index is 511. The molecule has 3 rings (SSSR count). The smallest absolute Gasteiger partial charge is 0.128 e. The number of rotatable bonds is 2. The minimum absolute atomic E-state index is 0.300. The summed E-state index contributed by atoms with van der Waals surface area (Å²) < 4.78 is 0. The second-order valence-corrected chi connectivity index (χ2v) is 4.41. The highest BCUT2D eigenvalue weighted by molar-refractivity contribution is 5.86. The van der Waals surface area contributed by atoms with Crippen molar-refractivity contribution in [3.8, 4) is 5.75 Å². The van der Waals surface area contributed by atoms with Crippen molar-refractivity contribution in [2.45, 2.75) is 24.9 Å². The lowest BCUT2D eigenvalue weighted by molar-refractivity contribution is 0.150. The monoisotopic (exact) mass is 203 g/mol. The van der Waals surface area contributed by atoms with Crippen LogP contribution in [0.5, 0.6) is 5.75 Å². The second kappa shape index (κ2) is 2.76. The van der Waals surface area contributed by atoms with Gasteiger partial charge in [-0.3, -0.25) is 0 Å². The Balaban J connectivity index is 2.06. The van der Waals surface area contributed by atoms with E-state index < -0.39 is 5.60 Å². The average molecular weight is 203 g/mol. The Morgan fingerprint density at radius 1 is 1.27 bits per heavy atom. The van der Waals surface area contributed by atoms with Crippen LogP contribution >= 0.6 is 0 Å². The molecule has 0 aliphatic heterocycles. The molecule has 2 aromatic rings. The van der Waals surface area contributed by atoms with E-state index in [4.69, 9.17) is 0 Å². The molecule has 1 fully saturated rings. The zero-order valence-electron chi connectivity index (χ0n) is 8.33. The number of aromatic amines is 1. The lowest BCUT2D eigenvalue weighted by Crippen LogP contribution is -2.10. The number of hydrogen-bond acceptors (Lipinski definition) is 2. The molecule has 1 aliphatic carbocycles. The highest BCUT2D eigenvalue weighted by Crippen LogP contribution is 2.41. The van der Waals surface area contributed by atoms with Crippen molar-refractivity contribution < 1.29 is 10.2 Å². The van der Waals surface area contributed by atoms with Crippen LogP contribution in [0.3, 0.4) is 0 Å². The van der Waals surface area contributed by atoms with Gasteiger partial charge in [0.05, 0.1) is 5.60 Å². The van der Waals surface area contributed by atoms with Gasteiger partial charge in [-0.2, -0.15) is 0 Å². The summed E-state index contributed by atoms with van der Waals surface area (Å²) in [5, 5.41) is 20.6. The lowest BCUT2D eigenvalue weighted by atomic mass is 10.0. The Labute approximate surface area is 87.4 Å². The van der Waals surface area contributed by atoms with Gasteiger partial charge in [0.15, 0.2) is 0 Å². The summed E-state index contributed by atoms with van der Waals surface area (Å²) in [4.78, 5) is 3.04. The Morgan fingerprint density at radius 3 is 2.80 bits per heavy atom. The van der Waals surface area contributed by atoms with E-state index in [0.29, 0.717) is 12.2 Å². The maximum Gasteiger partial charge on any atom is 0.128 e. The van der Waals surface area contributed by atoms with Gasteiger partial charge in [0.1, 0.15) is 5.75 Å². The SMILES string of the molecule is Oc1c(CC2(O)CC2)ccc2[nH]ccc12. The van der Waals surface area contributed by atoms with Gasteiger partial charge in [-0.1, -0.05) is 6.07 Å². The summed E-state index contributed by atoms with van der Waals surface area (Å²) in [6.07, 6.45) is 4.05. The lowest BCUT2D eigenvalue weighted by Gasteiger charge is -2.09. The van der Waals surface area contributed by atoms with Crippen molar-refractivity contribution in [2.75, 3.05) is 0 Å². The van der Waals surface area contributed by atoms with E-state index in [0.717, 1.165) is 29.3 Å². The molecule has 1 aliphatic rings. The third-order valence-corrected chi connectivity index (χ3v) is 3.14. The Kier molecular flexibility index (Phi) is 1.62. The van der Waals surface area contributed by atoms with E-state index in [-0.39, 0.29) is 0 Å². The number of aromatic nitrogens is 1. The number of phenolic OH excluding ortho intramolecular Hbond substituents is 1. The number of benzene rings is 1. The summed E-state index contributed by atoms with van der Waals surface area (Å²) >= 11 is 0. The van der Waals surface area contributed by atoms with Crippen molar-refractivity contribution in [3.05, 3.63) is 30.0 Å². The number of hydrogen-bond donors (Lipinski definition) is 3. The second-order valence-electron chi connectivity index (χ2n) is 4.41. The number of H-pyrrole nitrogens is 1. The van der Waals surface area contributed by atoms with Gasteiger partial charge < -0.3 is 15.2 Å². The average Bonchev–Trinajstić information content (AvgIpc) is 2.78. The van der Waals surface area contributed by atoms with Crippen LogP contribution in [0.25, 0.3) is 10.9 Å². The fraction of sp³-hybridized carbons (Fsp3) is 0.333. The molecule has 0 bridgehead atoms. The highest BCUT2D eigenvalue weighted by atomic mass is 16.3. The molecule has 78 valence electrons. The van der Waals surface area contributed by atoms with Crippen LogP contribution in [0, 0.1) is 0 Å². The van der Waals surface area contributed by atoms with Crippen molar-refractivity contribution >= 4 is 10.9 Å². The maximum absolute atomic E-state index is 10.00. The third kappa shape index (κ3) is 1.39. The molecule has 1 heterocycles. The van der Waals surface area contributed by atoms with E-state index >= 15 is 0 Å². The van der Waals surface area contributed by atoms with E-state index in [9.17, 15) is 10.2 Å². The topological polar surface area (TPSA) is 56.2 Å². The van der Waals surface area contributed by atoms with Gasteiger partial charge in [-0.05, 0) is 30.5 Å². The molecular weight excluding hydrogens is 190 g/mol. The van der Waals surface area contributed by atoms with E-state index in [1.54, 1.807) is 6.20 Å². The summed E-state index contributed by atoms with van der Waals surface area (Å²) in [6, 6.07) is 5.67. The van der Waals surface area contributed by atoms with Crippen LogP contribution in [0.15, 0.2) is 24.4 Å². The van der Waals surface area contributed by atoms with Gasteiger partial charge in [0, 0.05) is 23.5 Å². The normalized spacial score (nSPS) is 18.2. The van der Waals surface area contributed by atoms with E-state index in [1.165, 1.54) is 0 Å². The Hall–Kier alpha value is -1.48. The van der Waals surface area contributed by atoms with Crippen LogP contribution in [0.2, 0.25) is 0 Å². The van der Waals surface area contributed by atoms with Crippen LogP contribution in [0.4, 0.5) is 0 Å². The fourth-order valence-corrected chi connectivity index (χ4v) is 1.98. The van der Waals surface area contributed by atoms with Gasteiger partial charge in [0.25, 0.3) is 0 Å². The molecule has 0 unspecified atom stereocenters. The van der Waals surface area contributed by atoms with Gasteiger partial charge in [-0.15, -0.1) is 0 Å². The molecule has 1 aromatic carbocycles. The Morgan fingerprint density at radius 2 is 2.07 bits per heavy atom. The zero-order valence-corrected chi connectivity index (χ0v) is 8.33. The molecule has 3 heteroatoms. The quantitative estimate of drug-likeness (QED) is 0.698. The first kappa shape index (κ1) is 8.80. The molecule has 1 aromatic heterocycles. The predicted octanol–water partition coefficient (Wildman–Crippen LogP) is 1.94. The highest BCUT2D eigenvalue weighted by Gasteiger charge is 2.40. The van der Waals surface area contributed by atoms with Crippen molar-refractivity contribution in [1.82, 2.24) is 4.98 Å². The number of fused-ring (bicyclic) bond motifs is 1. The molecule has 15 heavy (non-hydrogen) atoms. The van der Waals surface area contributed by atoms with Crippen LogP contribution < -0.4 is 0 Å². The molecule has 0 amide bonds. The molecule has 1 saturated carbocycles. The van der Waals surface area contributed by atoms with Crippen molar-refractivity contribution in [3.63, 3.8) is 0 Å². The summed E-state index contributed by atoms with van der Waals surface area (Å²) in [5.74, 6) is 0.300. The van der Waals surface area contributed by atoms with Crippen LogP contribution in [-0.4, -0.2) is 20.8 Å². The zero-order chi connectivity index (χ0) is 10.5. The van der Waals surface area contributed by atoms with Crippen molar-refractivity contribution in [2.24, 2.45) is 0 Å². The molecule has 0 spiro atoms. The number of aliphatic hydroxyl groups is 1. The van der Waals surface area contributed by atoms with Gasteiger partial charge in [0.2, 0.25) is 0 Å². The summed E-state index contributed by atoms with van der Waals surface area (Å²) in [6.45, 7) is 0. The largest absolute Gasteiger partial charge is 0.507 e. The maximum atomic E-state index is 10.00. The van der Waals surface area contributed by atoms with Gasteiger partial charge >= 0.3 is 0 Å². The van der Waals surface area contributed by atoms with E-state index in [2.05, 4.69) is 4.98 Å². The molecule has 3 N–H and O–H groups in total. The first-order valence-corrected chi connectivity index (χ1v) is 5.18. The molecule has 0 atom stereocenters. The first-order chi connectivity index (χ1) is 7.18. The minimum Gasteiger partial charge on any atom is -0.507 e.